The van der Waals surface area contributed by atoms with Crippen LogP contribution < -0.4 is 5.32 Å². The van der Waals surface area contributed by atoms with Crippen LogP contribution in [-0.2, 0) is 17.8 Å². The smallest absolute Gasteiger partial charge is 0.0948 e. The lowest BCUT2D eigenvalue weighted by molar-refractivity contribution is 0.00869. The van der Waals surface area contributed by atoms with Gasteiger partial charge in [0.25, 0.3) is 0 Å². The number of nitrogens with one attached hydrogen (secondary N) is 1. The Bertz CT molecular complexity index is 332. The molecule has 1 N–H and O–H groups in total. The molecule has 1 saturated heterocycles. The molecular formula is C14H25N3O. The van der Waals surface area contributed by atoms with Gasteiger partial charge in [0.1, 0.15) is 0 Å². The minimum absolute atomic E-state index is 0.456. The monoisotopic (exact) mass is 251 g/mol. The van der Waals surface area contributed by atoms with Crippen LogP contribution in [0.5, 0.6) is 0 Å². The van der Waals surface area contributed by atoms with Crippen molar-refractivity contribution in [1.29, 1.82) is 0 Å². The van der Waals surface area contributed by atoms with Crippen molar-refractivity contribution in [2.45, 2.75) is 58.2 Å². The molecule has 1 atom stereocenters. The van der Waals surface area contributed by atoms with Crippen molar-refractivity contribution in [3.63, 3.8) is 0 Å². The summed E-state index contributed by atoms with van der Waals surface area (Å²) >= 11 is 0. The second-order valence-corrected chi connectivity index (χ2v) is 5.03. The highest BCUT2D eigenvalue weighted by atomic mass is 16.5. The summed E-state index contributed by atoms with van der Waals surface area (Å²) in [4.78, 5) is 4.25. The summed E-state index contributed by atoms with van der Waals surface area (Å²) in [6, 6.07) is 0. The largest absolute Gasteiger partial charge is 0.378 e. The van der Waals surface area contributed by atoms with Gasteiger partial charge in [0, 0.05) is 25.9 Å². The Kier molecular flexibility index (Phi) is 5.68. The standard InChI is InChI=1S/C14H25N3O/c1-2-7-15-10-13-11-16-12-17(13)8-6-14-5-3-4-9-18-14/h11-12,14-15H,2-10H2,1H3. The zero-order valence-corrected chi connectivity index (χ0v) is 11.4. The minimum atomic E-state index is 0.456. The molecule has 1 unspecified atom stereocenters. The van der Waals surface area contributed by atoms with Gasteiger partial charge in [-0.1, -0.05) is 6.92 Å². The van der Waals surface area contributed by atoms with Gasteiger partial charge in [-0.05, 0) is 38.6 Å². The molecule has 0 radical (unpaired) electrons. The number of imidazole rings is 1. The quantitative estimate of drug-likeness (QED) is 0.756. The number of rotatable bonds is 7. The van der Waals surface area contributed by atoms with Crippen molar-refractivity contribution < 1.29 is 4.74 Å². The fourth-order valence-electron chi connectivity index (χ4n) is 2.41. The van der Waals surface area contributed by atoms with Crippen LogP contribution in [0.2, 0.25) is 0 Å². The third kappa shape index (κ3) is 4.10. The van der Waals surface area contributed by atoms with Crippen LogP contribution in [0, 0.1) is 0 Å². The van der Waals surface area contributed by atoms with Crippen molar-refractivity contribution in [2.75, 3.05) is 13.2 Å². The molecule has 0 spiro atoms. The maximum atomic E-state index is 5.77. The number of aryl methyl sites for hydroxylation is 1. The van der Waals surface area contributed by atoms with E-state index in [1.807, 2.05) is 12.5 Å². The summed E-state index contributed by atoms with van der Waals surface area (Å²) in [6.07, 6.45) is 10.4. The number of hydrogen-bond donors (Lipinski definition) is 1. The van der Waals surface area contributed by atoms with E-state index in [9.17, 15) is 0 Å². The third-order valence-electron chi connectivity index (χ3n) is 3.50. The molecule has 0 aromatic carbocycles. The summed E-state index contributed by atoms with van der Waals surface area (Å²) < 4.78 is 8.02. The molecule has 2 rings (SSSR count). The van der Waals surface area contributed by atoms with Crippen molar-refractivity contribution in [3.8, 4) is 0 Å². The molecule has 1 aromatic rings. The van der Waals surface area contributed by atoms with Gasteiger partial charge in [0.15, 0.2) is 0 Å². The first kappa shape index (κ1) is 13.6. The highest BCUT2D eigenvalue weighted by molar-refractivity contribution is 4.97. The van der Waals surface area contributed by atoms with Crippen LogP contribution in [0.1, 0.15) is 44.7 Å². The summed E-state index contributed by atoms with van der Waals surface area (Å²) in [7, 11) is 0. The van der Waals surface area contributed by atoms with Crippen molar-refractivity contribution >= 4 is 0 Å². The van der Waals surface area contributed by atoms with E-state index in [0.29, 0.717) is 6.10 Å². The van der Waals surface area contributed by atoms with Gasteiger partial charge >= 0.3 is 0 Å². The predicted molar refractivity (Wildman–Crippen MR) is 72.4 cm³/mol. The minimum Gasteiger partial charge on any atom is -0.378 e. The van der Waals surface area contributed by atoms with E-state index < -0.39 is 0 Å². The first-order valence-electron chi connectivity index (χ1n) is 7.21. The number of aromatic nitrogens is 2. The van der Waals surface area contributed by atoms with Gasteiger partial charge in [0.2, 0.25) is 0 Å². The molecule has 18 heavy (non-hydrogen) atoms. The molecule has 1 aromatic heterocycles. The molecule has 102 valence electrons. The van der Waals surface area contributed by atoms with E-state index in [0.717, 1.165) is 32.7 Å². The van der Waals surface area contributed by atoms with E-state index in [1.165, 1.54) is 31.4 Å². The zero-order chi connectivity index (χ0) is 12.6. The van der Waals surface area contributed by atoms with E-state index in [1.54, 1.807) is 0 Å². The van der Waals surface area contributed by atoms with E-state index in [-0.39, 0.29) is 0 Å². The first-order chi connectivity index (χ1) is 8.90. The van der Waals surface area contributed by atoms with Crippen molar-refractivity contribution in [1.82, 2.24) is 14.9 Å². The summed E-state index contributed by atoms with van der Waals surface area (Å²) in [5, 5.41) is 3.42. The molecular weight excluding hydrogens is 226 g/mol. The van der Waals surface area contributed by atoms with Crippen LogP contribution in [0.3, 0.4) is 0 Å². The van der Waals surface area contributed by atoms with E-state index in [4.69, 9.17) is 4.74 Å². The number of ether oxygens (including phenoxy) is 1. The highest BCUT2D eigenvalue weighted by Gasteiger charge is 2.14. The summed E-state index contributed by atoms with van der Waals surface area (Å²) in [5.41, 5.74) is 1.28. The van der Waals surface area contributed by atoms with E-state index in [2.05, 4.69) is 21.8 Å². The highest BCUT2D eigenvalue weighted by Crippen LogP contribution is 2.16. The van der Waals surface area contributed by atoms with Crippen LogP contribution >= 0.6 is 0 Å². The number of nitrogens with zero attached hydrogens (tertiary/aromatic N) is 2. The molecule has 1 fully saturated rings. The normalized spacial score (nSPS) is 20.2. The van der Waals surface area contributed by atoms with Crippen LogP contribution in [-0.4, -0.2) is 28.8 Å². The second-order valence-electron chi connectivity index (χ2n) is 5.03. The Balaban J connectivity index is 1.75. The molecule has 0 amide bonds. The van der Waals surface area contributed by atoms with Gasteiger partial charge < -0.3 is 14.6 Å². The topological polar surface area (TPSA) is 39.1 Å². The Labute approximate surface area is 110 Å². The van der Waals surface area contributed by atoms with Crippen LogP contribution in [0.4, 0.5) is 0 Å². The molecule has 4 heteroatoms. The maximum absolute atomic E-state index is 5.77. The van der Waals surface area contributed by atoms with Crippen LogP contribution in [0.15, 0.2) is 12.5 Å². The first-order valence-corrected chi connectivity index (χ1v) is 7.21. The SMILES string of the molecule is CCCNCc1cncn1CCC1CCCCO1. The Morgan fingerprint density at radius 2 is 2.44 bits per heavy atom. The average Bonchev–Trinajstić information content (AvgIpc) is 2.86. The molecule has 2 heterocycles. The zero-order valence-electron chi connectivity index (χ0n) is 11.4. The van der Waals surface area contributed by atoms with Crippen molar-refractivity contribution in [3.05, 3.63) is 18.2 Å². The Morgan fingerprint density at radius 1 is 1.50 bits per heavy atom. The maximum Gasteiger partial charge on any atom is 0.0948 e. The molecule has 0 bridgehead atoms. The van der Waals surface area contributed by atoms with Crippen molar-refractivity contribution in [2.24, 2.45) is 0 Å². The lowest BCUT2D eigenvalue weighted by Gasteiger charge is -2.22. The van der Waals surface area contributed by atoms with Gasteiger partial charge in [-0.2, -0.15) is 0 Å². The van der Waals surface area contributed by atoms with Gasteiger partial charge in [0.05, 0.1) is 18.1 Å². The summed E-state index contributed by atoms with van der Waals surface area (Å²) in [5.74, 6) is 0. The molecule has 1 aliphatic rings. The molecule has 1 aliphatic heterocycles. The van der Waals surface area contributed by atoms with Gasteiger partial charge in [-0.3, -0.25) is 0 Å². The predicted octanol–water partition coefficient (Wildman–Crippen LogP) is 2.34. The summed E-state index contributed by atoms with van der Waals surface area (Å²) in [6.45, 7) is 6.13. The molecule has 0 saturated carbocycles. The molecule has 0 aliphatic carbocycles. The Hall–Kier alpha value is -0.870. The van der Waals surface area contributed by atoms with E-state index >= 15 is 0 Å². The fraction of sp³-hybridized carbons (Fsp3) is 0.786. The molecule has 4 nitrogen and oxygen atoms in total. The Morgan fingerprint density at radius 3 is 3.22 bits per heavy atom. The van der Waals surface area contributed by atoms with Crippen LogP contribution in [0.25, 0.3) is 0 Å². The average molecular weight is 251 g/mol. The lowest BCUT2D eigenvalue weighted by atomic mass is 10.1. The third-order valence-corrected chi connectivity index (χ3v) is 3.50. The second kappa shape index (κ2) is 7.54. The number of hydrogen-bond acceptors (Lipinski definition) is 3. The lowest BCUT2D eigenvalue weighted by Crippen LogP contribution is -2.22. The fourth-order valence-corrected chi connectivity index (χ4v) is 2.41. The van der Waals surface area contributed by atoms with Gasteiger partial charge in [-0.25, -0.2) is 4.98 Å². The van der Waals surface area contributed by atoms with Gasteiger partial charge in [-0.15, -0.1) is 0 Å².